The number of hydrogen-bond acceptors (Lipinski definition) is 3. The summed E-state index contributed by atoms with van der Waals surface area (Å²) in [5, 5.41) is 4.72. The Bertz CT molecular complexity index is 496. The van der Waals surface area contributed by atoms with Crippen LogP contribution in [-0.2, 0) is 6.73 Å². The van der Waals surface area contributed by atoms with Crippen LogP contribution in [0.1, 0.15) is 5.56 Å². The lowest BCUT2D eigenvalue weighted by Crippen LogP contribution is -2.06. The van der Waals surface area contributed by atoms with E-state index in [1.54, 1.807) is 23.1 Å². The van der Waals surface area contributed by atoms with E-state index in [0.29, 0.717) is 17.4 Å². The minimum Gasteiger partial charge on any atom is -0.471 e. The van der Waals surface area contributed by atoms with Crippen molar-refractivity contribution in [3.8, 4) is 5.75 Å². The molecule has 16 heavy (non-hydrogen) atoms. The Morgan fingerprint density at radius 1 is 1.50 bits per heavy atom. The molecule has 5 heteroatoms. The van der Waals surface area contributed by atoms with E-state index in [1.807, 2.05) is 19.1 Å². The summed E-state index contributed by atoms with van der Waals surface area (Å²) in [4.78, 5) is 0. The number of hydrogen-bond donors (Lipinski definition) is 1. The van der Waals surface area contributed by atoms with E-state index < -0.39 is 0 Å². The molecule has 1 heterocycles. The fourth-order valence-electron chi connectivity index (χ4n) is 1.36. The number of aromatic nitrogens is 2. The van der Waals surface area contributed by atoms with Crippen molar-refractivity contribution in [1.82, 2.24) is 9.78 Å². The first-order valence-corrected chi connectivity index (χ1v) is 5.20. The quantitative estimate of drug-likeness (QED) is 0.892. The second-order valence-electron chi connectivity index (χ2n) is 3.50. The number of nitrogens with zero attached hydrogens (tertiary/aromatic N) is 2. The Kier molecular flexibility index (Phi) is 3.01. The molecule has 84 valence electrons. The van der Waals surface area contributed by atoms with Crippen LogP contribution in [0.2, 0.25) is 5.02 Å². The Balaban J connectivity index is 2.04. The van der Waals surface area contributed by atoms with Crippen LogP contribution < -0.4 is 10.5 Å². The van der Waals surface area contributed by atoms with E-state index in [2.05, 4.69) is 5.10 Å². The van der Waals surface area contributed by atoms with Crippen molar-refractivity contribution in [1.29, 1.82) is 0 Å². The first kappa shape index (κ1) is 10.8. The molecule has 0 bridgehead atoms. The molecule has 0 aliphatic rings. The fourth-order valence-corrected chi connectivity index (χ4v) is 1.59. The van der Waals surface area contributed by atoms with Gasteiger partial charge in [-0.05, 0) is 30.7 Å². The molecule has 2 N–H and O–H groups in total. The highest BCUT2D eigenvalue weighted by atomic mass is 35.5. The van der Waals surface area contributed by atoms with Gasteiger partial charge >= 0.3 is 0 Å². The number of aryl methyl sites for hydroxylation is 1. The Morgan fingerprint density at radius 2 is 2.31 bits per heavy atom. The van der Waals surface area contributed by atoms with Crippen LogP contribution in [-0.4, -0.2) is 9.78 Å². The molecule has 0 amide bonds. The highest BCUT2D eigenvalue weighted by Crippen LogP contribution is 2.21. The molecule has 0 saturated carbocycles. The summed E-state index contributed by atoms with van der Waals surface area (Å²) in [7, 11) is 0. The molecular weight excluding hydrogens is 226 g/mol. The van der Waals surface area contributed by atoms with Crippen molar-refractivity contribution in [2.45, 2.75) is 13.7 Å². The molecule has 0 aliphatic heterocycles. The molecule has 0 saturated heterocycles. The number of halogens is 1. The molecule has 0 spiro atoms. The van der Waals surface area contributed by atoms with Crippen molar-refractivity contribution < 1.29 is 4.74 Å². The van der Waals surface area contributed by atoms with Gasteiger partial charge in [-0.3, -0.25) is 0 Å². The molecule has 4 nitrogen and oxygen atoms in total. The van der Waals surface area contributed by atoms with Gasteiger partial charge in [-0.25, -0.2) is 4.68 Å². The van der Waals surface area contributed by atoms with Gasteiger partial charge in [0.2, 0.25) is 0 Å². The minimum atomic E-state index is 0.333. The lowest BCUT2D eigenvalue weighted by molar-refractivity contribution is 0.220. The monoisotopic (exact) mass is 237 g/mol. The molecule has 0 unspecified atom stereocenters. The second kappa shape index (κ2) is 4.45. The van der Waals surface area contributed by atoms with E-state index in [1.165, 1.54) is 0 Å². The average Bonchev–Trinajstić information content (AvgIpc) is 2.63. The summed E-state index contributed by atoms with van der Waals surface area (Å²) in [6.45, 7) is 2.28. The normalized spacial score (nSPS) is 10.4. The molecule has 2 aromatic rings. The summed E-state index contributed by atoms with van der Waals surface area (Å²) < 4.78 is 7.21. The molecule has 2 rings (SSSR count). The average molecular weight is 238 g/mol. The van der Waals surface area contributed by atoms with Gasteiger partial charge in [0.15, 0.2) is 6.73 Å². The predicted octanol–water partition coefficient (Wildman–Crippen LogP) is 2.46. The van der Waals surface area contributed by atoms with Gasteiger partial charge in [0.05, 0.1) is 18.1 Å². The zero-order chi connectivity index (χ0) is 11.5. The highest BCUT2D eigenvalue weighted by molar-refractivity contribution is 6.30. The van der Waals surface area contributed by atoms with E-state index in [9.17, 15) is 0 Å². The van der Waals surface area contributed by atoms with Crippen molar-refractivity contribution in [3.05, 3.63) is 41.2 Å². The topological polar surface area (TPSA) is 53.1 Å². The zero-order valence-electron chi connectivity index (χ0n) is 8.85. The maximum atomic E-state index is 5.85. The van der Waals surface area contributed by atoms with Crippen LogP contribution in [0, 0.1) is 6.92 Å². The minimum absolute atomic E-state index is 0.333. The van der Waals surface area contributed by atoms with Crippen molar-refractivity contribution in [3.63, 3.8) is 0 Å². The smallest absolute Gasteiger partial charge is 0.180 e. The summed E-state index contributed by atoms with van der Waals surface area (Å²) in [5.41, 5.74) is 7.16. The van der Waals surface area contributed by atoms with Gasteiger partial charge in [-0.15, -0.1) is 0 Å². The zero-order valence-corrected chi connectivity index (χ0v) is 9.61. The molecule has 0 atom stereocenters. The second-order valence-corrected chi connectivity index (χ2v) is 3.93. The van der Waals surface area contributed by atoms with Gasteiger partial charge in [0.1, 0.15) is 5.75 Å². The third-order valence-electron chi connectivity index (χ3n) is 2.14. The van der Waals surface area contributed by atoms with Crippen LogP contribution in [0.15, 0.2) is 30.6 Å². The summed E-state index contributed by atoms with van der Waals surface area (Å²) >= 11 is 5.85. The number of rotatable bonds is 3. The van der Waals surface area contributed by atoms with Crippen LogP contribution in [0.3, 0.4) is 0 Å². The number of anilines is 1. The largest absolute Gasteiger partial charge is 0.471 e. The fraction of sp³-hybridized carbons (Fsp3) is 0.182. The maximum absolute atomic E-state index is 5.85. The summed E-state index contributed by atoms with van der Waals surface area (Å²) in [6.07, 6.45) is 3.29. The molecule has 0 aliphatic carbocycles. The van der Waals surface area contributed by atoms with Crippen LogP contribution >= 0.6 is 11.6 Å². The standard InChI is InChI=1S/C11H12ClN3O/c1-8-4-9(12)2-3-11(8)16-7-15-6-10(13)5-14-15/h2-6H,7,13H2,1H3. The molecule has 0 fully saturated rings. The number of nitrogens with two attached hydrogens (primary N) is 1. The van der Waals surface area contributed by atoms with E-state index in [0.717, 1.165) is 11.3 Å². The summed E-state index contributed by atoms with van der Waals surface area (Å²) in [6, 6.07) is 5.49. The first-order chi connectivity index (χ1) is 7.65. The number of benzene rings is 1. The third kappa shape index (κ3) is 2.46. The lowest BCUT2D eigenvalue weighted by atomic mass is 10.2. The molecule has 1 aromatic carbocycles. The SMILES string of the molecule is Cc1cc(Cl)ccc1OCn1cc(N)cn1. The number of ether oxygens (including phenoxy) is 1. The number of nitrogen functional groups attached to an aromatic ring is 1. The van der Waals surface area contributed by atoms with E-state index >= 15 is 0 Å². The van der Waals surface area contributed by atoms with Crippen molar-refractivity contribution in [2.75, 3.05) is 5.73 Å². The van der Waals surface area contributed by atoms with Crippen LogP contribution in [0.4, 0.5) is 5.69 Å². The Labute approximate surface area is 98.6 Å². The maximum Gasteiger partial charge on any atom is 0.180 e. The van der Waals surface area contributed by atoms with Crippen molar-refractivity contribution >= 4 is 17.3 Å². The van der Waals surface area contributed by atoms with Crippen molar-refractivity contribution in [2.24, 2.45) is 0 Å². The Morgan fingerprint density at radius 3 is 2.94 bits per heavy atom. The van der Waals surface area contributed by atoms with E-state index in [-0.39, 0.29) is 0 Å². The van der Waals surface area contributed by atoms with Crippen LogP contribution in [0.25, 0.3) is 0 Å². The van der Waals surface area contributed by atoms with Gasteiger partial charge in [-0.1, -0.05) is 11.6 Å². The highest BCUT2D eigenvalue weighted by Gasteiger charge is 2.01. The van der Waals surface area contributed by atoms with Gasteiger partial charge in [0, 0.05) is 5.02 Å². The van der Waals surface area contributed by atoms with Gasteiger partial charge in [-0.2, -0.15) is 5.10 Å². The molecule has 1 aromatic heterocycles. The first-order valence-electron chi connectivity index (χ1n) is 4.82. The third-order valence-corrected chi connectivity index (χ3v) is 2.38. The summed E-state index contributed by atoms with van der Waals surface area (Å²) in [5.74, 6) is 0.790. The predicted molar refractivity (Wildman–Crippen MR) is 63.5 cm³/mol. The molecular formula is C11H12ClN3O. The lowest BCUT2D eigenvalue weighted by Gasteiger charge is -2.08. The van der Waals surface area contributed by atoms with Crippen LogP contribution in [0.5, 0.6) is 5.75 Å². The van der Waals surface area contributed by atoms with Gasteiger partial charge < -0.3 is 10.5 Å². The van der Waals surface area contributed by atoms with E-state index in [4.69, 9.17) is 22.1 Å². The Hall–Kier alpha value is -1.68. The van der Waals surface area contributed by atoms with Gasteiger partial charge in [0.25, 0.3) is 0 Å². The molecule has 0 radical (unpaired) electrons.